The van der Waals surface area contributed by atoms with Gasteiger partial charge >= 0.3 is 0 Å². The maximum Gasteiger partial charge on any atom is 0.261 e. The number of hydrogen-bond donors (Lipinski definition) is 1. The summed E-state index contributed by atoms with van der Waals surface area (Å²) in [5.74, 6) is 2.00. The van der Waals surface area contributed by atoms with E-state index < -0.39 is 6.10 Å². The molecule has 1 aliphatic rings. The molecule has 138 valence electrons. The first kappa shape index (κ1) is 18.1. The lowest BCUT2D eigenvalue weighted by Gasteiger charge is -2.27. The van der Waals surface area contributed by atoms with E-state index in [4.69, 9.17) is 14.2 Å². The Bertz CT molecular complexity index is 729. The Kier molecular flexibility index (Phi) is 6.00. The first-order chi connectivity index (χ1) is 12.7. The van der Waals surface area contributed by atoms with Crippen molar-refractivity contribution in [3.05, 3.63) is 54.1 Å². The van der Waals surface area contributed by atoms with E-state index in [1.807, 2.05) is 55.5 Å². The van der Waals surface area contributed by atoms with Crippen LogP contribution >= 0.6 is 0 Å². The molecule has 0 spiro atoms. The largest absolute Gasteiger partial charge is 0.486 e. The number of para-hydroxylation sites is 2. The molecule has 2 aromatic carbocycles. The Labute approximate surface area is 154 Å². The van der Waals surface area contributed by atoms with E-state index in [2.05, 4.69) is 12.2 Å². The molecule has 1 N–H and O–H groups in total. The maximum atomic E-state index is 12.5. The van der Waals surface area contributed by atoms with E-state index in [1.54, 1.807) is 0 Å². The molecular formula is C21H25NO4. The van der Waals surface area contributed by atoms with E-state index in [0.717, 1.165) is 12.2 Å². The molecule has 0 saturated carbocycles. The number of rotatable bonds is 7. The van der Waals surface area contributed by atoms with Gasteiger partial charge in [-0.15, -0.1) is 0 Å². The van der Waals surface area contributed by atoms with Crippen LogP contribution in [-0.2, 0) is 11.2 Å². The zero-order chi connectivity index (χ0) is 18.4. The fourth-order valence-electron chi connectivity index (χ4n) is 2.78. The van der Waals surface area contributed by atoms with Crippen LogP contribution in [0.4, 0.5) is 0 Å². The van der Waals surface area contributed by atoms with Crippen LogP contribution in [-0.4, -0.2) is 31.3 Å². The van der Waals surface area contributed by atoms with Crippen molar-refractivity contribution >= 4 is 5.91 Å². The minimum Gasteiger partial charge on any atom is -0.486 e. The Morgan fingerprint density at radius 3 is 2.58 bits per heavy atom. The second-order valence-electron chi connectivity index (χ2n) is 6.25. The van der Waals surface area contributed by atoms with Gasteiger partial charge in [-0.05, 0) is 42.7 Å². The molecule has 5 nitrogen and oxygen atoms in total. The standard InChI is InChI=1S/C21H25NO4/c1-3-15-9-11-16(12-10-15)25-18(4-2)21(23)22-13-17-14-24-19-7-5-6-8-20(19)26-17/h5-12,17-18H,3-4,13-14H2,1-2H3,(H,22,23). The lowest BCUT2D eigenvalue weighted by atomic mass is 10.1. The maximum absolute atomic E-state index is 12.5. The van der Waals surface area contributed by atoms with Crippen LogP contribution in [0.3, 0.4) is 0 Å². The molecule has 1 amide bonds. The molecule has 0 saturated heterocycles. The fourth-order valence-corrected chi connectivity index (χ4v) is 2.78. The zero-order valence-corrected chi connectivity index (χ0v) is 15.2. The summed E-state index contributed by atoms with van der Waals surface area (Å²) in [6, 6.07) is 15.4. The lowest BCUT2D eigenvalue weighted by molar-refractivity contribution is -0.128. The third-order valence-corrected chi connectivity index (χ3v) is 4.34. The predicted molar refractivity (Wildman–Crippen MR) is 99.9 cm³/mol. The highest BCUT2D eigenvalue weighted by atomic mass is 16.6. The molecule has 3 rings (SSSR count). The van der Waals surface area contributed by atoms with Crippen LogP contribution < -0.4 is 19.5 Å². The van der Waals surface area contributed by atoms with Crippen molar-refractivity contribution in [2.45, 2.75) is 38.9 Å². The Balaban J connectivity index is 1.51. The summed E-state index contributed by atoms with van der Waals surface area (Å²) in [6.45, 7) is 4.82. The van der Waals surface area contributed by atoms with E-state index in [0.29, 0.717) is 31.1 Å². The first-order valence-corrected chi connectivity index (χ1v) is 9.11. The van der Waals surface area contributed by atoms with Crippen LogP contribution in [0.5, 0.6) is 17.2 Å². The fraction of sp³-hybridized carbons (Fsp3) is 0.381. The average Bonchev–Trinajstić information content (AvgIpc) is 2.70. The SMILES string of the molecule is CCc1ccc(OC(CC)C(=O)NCC2COc3ccccc3O2)cc1. The number of aryl methyl sites for hydroxylation is 1. The molecule has 2 atom stereocenters. The molecule has 26 heavy (non-hydrogen) atoms. The molecule has 1 heterocycles. The van der Waals surface area contributed by atoms with E-state index >= 15 is 0 Å². The van der Waals surface area contributed by atoms with Gasteiger partial charge in [-0.1, -0.05) is 38.1 Å². The van der Waals surface area contributed by atoms with Crippen molar-refractivity contribution < 1.29 is 19.0 Å². The van der Waals surface area contributed by atoms with Crippen LogP contribution in [0, 0.1) is 0 Å². The number of amides is 1. The Hall–Kier alpha value is -2.69. The van der Waals surface area contributed by atoms with Gasteiger partial charge in [-0.3, -0.25) is 4.79 Å². The van der Waals surface area contributed by atoms with Gasteiger partial charge in [0.05, 0.1) is 6.54 Å². The molecule has 5 heteroatoms. The quantitative estimate of drug-likeness (QED) is 0.827. The summed E-state index contributed by atoms with van der Waals surface area (Å²) in [4.78, 5) is 12.5. The van der Waals surface area contributed by atoms with Gasteiger partial charge in [0.15, 0.2) is 17.6 Å². The van der Waals surface area contributed by atoms with Crippen molar-refractivity contribution in [1.82, 2.24) is 5.32 Å². The van der Waals surface area contributed by atoms with Gasteiger partial charge in [0.1, 0.15) is 18.5 Å². The minimum absolute atomic E-state index is 0.144. The zero-order valence-electron chi connectivity index (χ0n) is 15.2. The normalized spacial score (nSPS) is 16.6. The first-order valence-electron chi connectivity index (χ1n) is 9.11. The highest BCUT2D eigenvalue weighted by Crippen LogP contribution is 2.30. The van der Waals surface area contributed by atoms with Gasteiger partial charge in [0.25, 0.3) is 5.91 Å². The third-order valence-electron chi connectivity index (χ3n) is 4.34. The number of carbonyl (C=O) groups is 1. The monoisotopic (exact) mass is 355 g/mol. The molecular weight excluding hydrogens is 330 g/mol. The topological polar surface area (TPSA) is 56.8 Å². The van der Waals surface area contributed by atoms with Gasteiger partial charge in [-0.2, -0.15) is 0 Å². The summed E-state index contributed by atoms with van der Waals surface area (Å²) in [7, 11) is 0. The van der Waals surface area contributed by atoms with E-state index in [1.165, 1.54) is 5.56 Å². The number of nitrogens with one attached hydrogen (secondary N) is 1. The summed E-state index contributed by atoms with van der Waals surface area (Å²) < 4.78 is 17.4. The number of carbonyl (C=O) groups excluding carboxylic acids is 1. The highest BCUT2D eigenvalue weighted by Gasteiger charge is 2.24. The van der Waals surface area contributed by atoms with Crippen molar-refractivity contribution in [2.24, 2.45) is 0 Å². The summed E-state index contributed by atoms with van der Waals surface area (Å²) >= 11 is 0. The average molecular weight is 355 g/mol. The molecule has 0 bridgehead atoms. The minimum atomic E-state index is -0.528. The number of hydrogen-bond acceptors (Lipinski definition) is 4. The summed E-state index contributed by atoms with van der Waals surface area (Å²) in [5.41, 5.74) is 1.24. The van der Waals surface area contributed by atoms with Crippen molar-refractivity contribution in [2.75, 3.05) is 13.2 Å². The summed E-state index contributed by atoms with van der Waals surface area (Å²) in [5, 5.41) is 2.91. The smallest absolute Gasteiger partial charge is 0.261 e. The molecule has 0 fully saturated rings. The lowest BCUT2D eigenvalue weighted by Crippen LogP contribution is -2.45. The predicted octanol–water partition coefficient (Wildman–Crippen LogP) is 3.36. The van der Waals surface area contributed by atoms with E-state index in [-0.39, 0.29) is 12.0 Å². The van der Waals surface area contributed by atoms with Crippen molar-refractivity contribution in [3.63, 3.8) is 0 Å². The molecule has 0 aliphatic carbocycles. The number of benzene rings is 2. The highest BCUT2D eigenvalue weighted by molar-refractivity contribution is 5.81. The van der Waals surface area contributed by atoms with Crippen molar-refractivity contribution in [3.8, 4) is 17.2 Å². The van der Waals surface area contributed by atoms with Crippen molar-refractivity contribution in [1.29, 1.82) is 0 Å². The van der Waals surface area contributed by atoms with E-state index in [9.17, 15) is 4.79 Å². The molecule has 2 aromatic rings. The van der Waals surface area contributed by atoms with Gasteiger partial charge < -0.3 is 19.5 Å². The Morgan fingerprint density at radius 2 is 1.88 bits per heavy atom. The van der Waals surface area contributed by atoms with Crippen LogP contribution in [0.15, 0.2) is 48.5 Å². The number of ether oxygens (including phenoxy) is 3. The van der Waals surface area contributed by atoms with Crippen LogP contribution in [0.2, 0.25) is 0 Å². The Morgan fingerprint density at radius 1 is 1.15 bits per heavy atom. The number of fused-ring (bicyclic) bond motifs is 1. The second kappa shape index (κ2) is 8.61. The third kappa shape index (κ3) is 4.48. The molecule has 0 radical (unpaired) electrons. The van der Waals surface area contributed by atoms with Gasteiger partial charge in [0, 0.05) is 0 Å². The van der Waals surface area contributed by atoms with Gasteiger partial charge in [0.2, 0.25) is 0 Å². The van der Waals surface area contributed by atoms with Gasteiger partial charge in [-0.25, -0.2) is 0 Å². The molecule has 0 aromatic heterocycles. The molecule has 1 aliphatic heterocycles. The molecule has 2 unspecified atom stereocenters. The summed E-state index contributed by atoms with van der Waals surface area (Å²) in [6.07, 6.45) is 0.825. The van der Waals surface area contributed by atoms with Crippen LogP contribution in [0.25, 0.3) is 0 Å². The van der Waals surface area contributed by atoms with Crippen LogP contribution in [0.1, 0.15) is 25.8 Å². The second-order valence-corrected chi connectivity index (χ2v) is 6.25.